The molecule has 146 valence electrons. The van der Waals surface area contributed by atoms with Crippen molar-refractivity contribution in [1.29, 1.82) is 0 Å². The summed E-state index contributed by atoms with van der Waals surface area (Å²) in [7, 11) is -0.931. The summed E-state index contributed by atoms with van der Waals surface area (Å²) in [6.07, 6.45) is -3.94. The molecule has 0 aromatic rings. The average molecular weight is 377 g/mol. The van der Waals surface area contributed by atoms with Crippen molar-refractivity contribution in [2.75, 3.05) is 13.7 Å². The number of aliphatic hydroxyl groups is 1. The highest BCUT2D eigenvalue weighted by molar-refractivity contribution is 6.74. The summed E-state index contributed by atoms with van der Waals surface area (Å²) in [5.74, 6) is -1.30. The van der Waals surface area contributed by atoms with Crippen LogP contribution >= 0.6 is 0 Å². The van der Waals surface area contributed by atoms with Crippen molar-refractivity contribution >= 4 is 14.3 Å². The van der Waals surface area contributed by atoms with Gasteiger partial charge in [-0.1, -0.05) is 20.8 Å². The normalized spacial score (nSPS) is 35.8. The first-order valence-electron chi connectivity index (χ1n) is 8.70. The Morgan fingerprint density at radius 3 is 2.32 bits per heavy atom. The molecule has 0 amide bonds. The maximum Gasteiger partial charge on any atom is 0.337 e. The molecule has 8 heteroatoms. The van der Waals surface area contributed by atoms with E-state index in [9.17, 15) is 9.90 Å². The Balaban J connectivity index is 2.22. The van der Waals surface area contributed by atoms with Gasteiger partial charge < -0.3 is 28.5 Å². The zero-order valence-electron chi connectivity index (χ0n) is 16.5. The van der Waals surface area contributed by atoms with Gasteiger partial charge in [0.25, 0.3) is 0 Å². The van der Waals surface area contributed by atoms with Crippen LogP contribution in [0, 0.1) is 0 Å². The van der Waals surface area contributed by atoms with E-state index in [1.54, 1.807) is 13.8 Å². The van der Waals surface area contributed by atoms with Crippen LogP contribution in [0.3, 0.4) is 0 Å². The lowest BCUT2D eigenvalue weighted by atomic mass is 10.0. The van der Waals surface area contributed by atoms with Crippen LogP contribution in [0.2, 0.25) is 18.1 Å². The summed E-state index contributed by atoms with van der Waals surface area (Å²) in [4.78, 5) is 12.2. The minimum atomic E-state index is -2.23. The highest BCUT2D eigenvalue weighted by Gasteiger charge is 2.56. The van der Waals surface area contributed by atoms with Gasteiger partial charge in [-0.05, 0) is 32.0 Å². The molecule has 2 fully saturated rings. The first-order valence-corrected chi connectivity index (χ1v) is 11.6. The minimum absolute atomic E-state index is 0.0690. The number of aliphatic hydroxyl groups excluding tert-OH is 1. The molecule has 2 saturated heterocycles. The number of ether oxygens (including phenoxy) is 4. The fourth-order valence-corrected chi connectivity index (χ4v) is 4.13. The number of esters is 1. The van der Waals surface area contributed by atoms with Gasteiger partial charge in [-0.2, -0.15) is 0 Å². The lowest BCUT2D eigenvalue weighted by Gasteiger charge is -2.39. The molecular weight excluding hydrogens is 344 g/mol. The van der Waals surface area contributed by atoms with Gasteiger partial charge in [0.2, 0.25) is 0 Å². The maximum absolute atomic E-state index is 12.2. The van der Waals surface area contributed by atoms with Crippen LogP contribution in [0.1, 0.15) is 34.6 Å². The molecule has 2 heterocycles. The number of carbonyl (C=O) groups excluding carboxylic acids is 1. The van der Waals surface area contributed by atoms with E-state index in [1.165, 1.54) is 7.11 Å². The van der Waals surface area contributed by atoms with Crippen LogP contribution in [0.4, 0.5) is 0 Å². The van der Waals surface area contributed by atoms with Gasteiger partial charge in [-0.25, -0.2) is 4.79 Å². The average Bonchev–Trinajstić information content (AvgIpc) is 2.98. The van der Waals surface area contributed by atoms with Crippen LogP contribution < -0.4 is 0 Å². The number of carbonyl (C=O) groups is 1. The zero-order valence-corrected chi connectivity index (χ0v) is 17.5. The monoisotopic (exact) mass is 376 g/mol. The molecule has 2 aliphatic rings. The molecule has 25 heavy (non-hydrogen) atoms. The molecule has 0 radical (unpaired) electrons. The molecule has 0 bridgehead atoms. The summed E-state index contributed by atoms with van der Waals surface area (Å²) in [6, 6.07) is 0. The Labute approximate surface area is 151 Å². The third-order valence-electron chi connectivity index (χ3n) is 5.34. The van der Waals surface area contributed by atoms with Gasteiger partial charge in [0, 0.05) is 0 Å². The Hall–Kier alpha value is -0.513. The molecule has 0 spiro atoms. The first kappa shape index (κ1) is 20.8. The molecule has 2 aliphatic heterocycles. The number of methoxy groups -OCH3 is 1. The molecule has 0 aromatic carbocycles. The number of hydrogen-bond donors (Lipinski definition) is 1. The maximum atomic E-state index is 12.2. The fourth-order valence-electron chi connectivity index (χ4n) is 2.83. The van der Waals surface area contributed by atoms with Gasteiger partial charge in [-0.15, -0.1) is 0 Å². The van der Waals surface area contributed by atoms with Crippen LogP contribution in [0.5, 0.6) is 0 Å². The van der Waals surface area contributed by atoms with E-state index in [0.29, 0.717) is 0 Å². The lowest BCUT2D eigenvalue weighted by Crippen LogP contribution is -2.51. The molecule has 0 unspecified atom stereocenters. The number of hydrogen-bond acceptors (Lipinski definition) is 7. The number of rotatable bonds is 4. The summed E-state index contributed by atoms with van der Waals surface area (Å²) in [6.45, 7) is 14.3. The second-order valence-corrected chi connectivity index (χ2v) is 13.5. The predicted molar refractivity (Wildman–Crippen MR) is 93.7 cm³/mol. The third-order valence-corrected chi connectivity index (χ3v) is 9.82. The summed E-state index contributed by atoms with van der Waals surface area (Å²) in [5, 5.41) is 10.8. The van der Waals surface area contributed by atoms with Gasteiger partial charge in [0.15, 0.2) is 20.2 Å². The first-order chi connectivity index (χ1) is 11.3. The Morgan fingerprint density at radius 1 is 1.28 bits per heavy atom. The lowest BCUT2D eigenvalue weighted by molar-refractivity contribution is -0.169. The van der Waals surface area contributed by atoms with E-state index < -0.39 is 50.6 Å². The van der Waals surface area contributed by atoms with Gasteiger partial charge in [0.05, 0.1) is 13.7 Å². The smallest absolute Gasteiger partial charge is 0.337 e. The van der Waals surface area contributed by atoms with E-state index in [4.69, 9.17) is 23.4 Å². The zero-order chi connectivity index (χ0) is 19.2. The highest BCUT2D eigenvalue weighted by Crippen LogP contribution is 2.41. The third kappa shape index (κ3) is 4.25. The van der Waals surface area contributed by atoms with Crippen molar-refractivity contribution in [3.8, 4) is 0 Å². The molecule has 2 rings (SSSR count). The Morgan fingerprint density at radius 2 is 1.88 bits per heavy atom. The molecule has 0 aliphatic carbocycles. The van der Waals surface area contributed by atoms with Crippen LogP contribution in [0.25, 0.3) is 0 Å². The van der Waals surface area contributed by atoms with Crippen LogP contribution in [0.15, 0.2) is 0 Å². The molecular formula is C17H32O7Si. The molecule has 7 nitrogen and oxygen atoms in total. The largest absolute Gasteiger partial charge is 0.467 e. The van der Waals surface area contributed by atoms with Gasteiger partial charge >= 0.3 is 5.97 Å². The minimum Gasteiger partial charge on any atom is -0.467 e. The van der Waals surface area contributed by atoms with Crippen LogP contribution in [-0.4, -0.2) is 69.4 Å². The Bertz CT molecular complexity index is 500. The van der Waals surface area contributed by atoms with Crippen molar-refractivity contribution in [2.45, 2.75) is 89.1 Å². The van der Waals surface area contributed by atoms with Crippen molar-refractivity contribution in [3.05, 3.63) is 0 Å². The summed E-state index contributed by atoms with van der Waals surface area (Å²) in [5.41, 5.74) is 0. The van der Waals surface area contributed by atoms with E-state index in [-0.39, 0.29) is 11.6 Å². The highest BCUT2D eigenvalue weighted by atomic mass is 28.4. The summed E-state index contributed by atoms with van der Waals surface area (Å²) >= 11 is 0. The fraction of sp³-hybridized carbons (Fsp3) is 0.941. The molecule has 5 atom stereocenters. The second kappa shape index (κ2) is 6.90. The molecule has 0 aromatic heterocycles. The standard InChI is InChI=1S/C17H32O7Si/c1-16(2,3)25(7,8)24-13-11(18)12(22-14(13)15(19)20-6)10-9-21-17(4,5)23-10/h10-14,18H,9H2,1-8H3/t10-,11+,12-,13-,14-/m1/s1. The van der Waals surface area contributed by atoms with Crippen molar-refractivity contribution in [2.24, 2.45) is 0 Å². The van der Waals surface area contributed by atoms with Gasteiger partial charge in [0.1, 0.15) is 24.4 Å². The predicted octanol–water partition coefficient (Wildman–Crippen LogP) is 1.83. The Kier molecular flexibility index (Phi) is 5.74. The molecule has 1 N–H and O–H groups in total. The topological polar surface area (TPSA) is 83.5 Å². The second-order valence-electron chi connectivity index (χ2n) is 8.74. The SMILES string of the molecule is COC(=O)[C@@H]1O[C@H]([C@H]2COC(C)(C)O2)[C@H](O)[C@H]1O[Si](C)(C)C(C)(C)C. The van der Waals surface area contributed by atoms with E-state index in [0.717, 1.165) is 0 Å². The van der Waals surface area contributed by atoms with E-state index >= 15 is 0 Å². The van der Waals surface area contributed by atoms with Crippen molar-refractivity contribution in [1.82, 2.24) is 0 Å². The van der Waals surface area contributed by atoms with Crippen molar-refractivity contribution in [3.63, 3.8) is 0 Å². The quantitative estimate of drug-likeness (QED) is 0.592. The van der Waals surface area contributed by atoms with Crippen molar-refractivity contribution < 1.29 is 33.3 Å². The van der Waals surface area contributed by atoms with E-state index in [2.05, 4.69) is 33.9 Å². The molecule has 0 saturated carbocycles. The van der Waals surface area contributed by atoms with Crippen LogP contribution in [-0.2, 0) is 28.2 Å². The van der Waals surface area contributed by atoms with Gasteiger partial charge in [-0.3, -0.25) is 0 Å². The summed E-state index contributed by atoms with van der Waals surface area (Å²) < 4.78 is 28.4. The van der Waals surface area contributed by atoms with E-state index in [1.807, 2.05) is 0 Å².